The highest BCUT2D eigenvalue weighted by Gasteiger charge is 2.02. The molecule has 0 fully saturated rings. The minimum absolute atomic E-state index is 0.0826. The van der Waals surface area contributed by atoms with Gasteiger partial charge in [-0.25, -0.2) is 0 Å². The maximum atomic E-state index is 11.8. The van der Waals surface area contributed by atoms with E-state index in [2.05, 4.69) is 22.1 Å². The van der Waals surface area contributed by atoms with E-state index < -0.39 is 0 Å². The van der Waals surface area contributed by atoms with E-state index in [0.717, 1.165) is 16.5 Å². The van der Waals surface area contributed by atoms with Gasteiger partial charge in [0.1, 0.15) is 17.9 Å². The molecule has 0 radical (unpaired) electrons. The fraction of sp³-hybridized carbons (Fsp3) is 0.143. The Hall–Kier alpha value is -3.03. The molecule has 2 aromatic carbocycles. The molecule has 0 bridgehead atoms. The maximum absolute atomic E-state index is 11.8. The van der Waals surface area contributed by atoms with Crippen molar-refractivity contribution in [1.82, 2.24) is 10.3 Å². The molecule has 0 aliphatic carbocycles. The smallest absolute Gasteiger partial charge is 0.225 e. The molecule has 4 nitrogen and oxygen atoms in total. The van der Waals surface area contributed by atoms with Crippen molar-refractivity contribution in [2.75, 3.05) is 13.2 Å². The monoisotopic (exact) mass is 364 g/mol. The molecule has 1 heterocycles. The van der Waals surface area contributed by atoms with Crippen LogP contribution in [0.2, 0.25) is 5.02 Å². The standard InChI is InChI=1S/C21H17ClN2O2/c22-18-10-8-16(9-11-18)15-20(25)23-12-1-2-14-26-19-7-3-5-17-6-4-13-24-21(17)19/h3-11,13H,12,14-15H2,(H,23,25). The highest BCUT2D eigenvalue weighted by atomic mass is 35.5. The normalized spacial score (nSPS) is 10.0. The zero-order chi connectivity index (χ0) is 18.2. The minimum atomic E-state index is -0.0826. The number of hydrogen-bond acceptors (Lipinski definition) is 3. The summed E-state index contributed by atoms with van der Waals surface area (Å²) in [7, 11) is 0. The van der Waals surface area contributed by atoms with Crippen molar-refractivity contribution in [3.05, 3.63) is 71.4 Å². The van der Waals surface area contributed by atoms with Crippen LogP contribution in [0.25, 0.3) is 10.9 Å². The summed E-state index contributed by atoms with van der Waals surface area (Å²) in [5.74, 6) is 6.39. The van der Waals surface area contributed by atoms with E-state index in [-0.39, 0.29) is 19.1 Å². The van der Waals surface area contributed by atoms with E-state index in [0.29, 0.717) is 17.2 Å². The molecule has 0 spiro atoms. The van der Waals surface area contributed by atoms with Gasteiger partial charge < -0.3 is 10.1 Å². The second-order valence-electron chi connectivity index (χ2n) is 5.55. The number of ether oxygens (including phenoxy) is 1. The van der Waals surface area contributed by atoms with Crippen LogP contribution in [0.15, 0.2) is 60.8 Å². The molecule has 0 aliphatic rings. The van der Waals surface area contributed by atoms with Gasteiger partial charge in [-0.15, -0.1) is 0 Å². The van der Waals surface area contributed by atoms with Crippen molar-refractivity contribution in [2.24, 2.45) is 0 Å². The molecular formula is C21H17ClN2O2. The largest absolute Gasteiger partial charge is 0.479 e. The van der Waals surface area contributed by atoms with Crippen molar-refractivity contribution in [3.8, 4) is 17.6 Å². The highest BCUT2D eigenvalue weighted by Crippen LogP contribution is 2.22. The average Bonchev–Trinajstić information content (AvgIpc) is 2.66. The Morgan fingerprint density at radius 3 is 2.73 bits per heavy atom. The number of halogens is 1. The van der Waals surface area contributed by atoms with Crippen LogP contribution in [-0.4, -0.2) is 24.0 Å². The maximum Gasteiger partial charge on any atom is 0.225 e. The molecule has 3 aromatic rings. The van der Waals surface area contributed by atoms with Crippen LogP contribution in [0.4, 0.5) is 0 Å². The lowest BCUT2D eigenvalue weighted by Crippen LogP contribution is -2.25. The molecule has 0 aliphatic heterocycles. The number of nitrogens with one attached hydrogen (secondary N) is 1. The quantitative estimate of drug-likeness (QED) is 0.703. The fourth-order valence-electron chi connectivity index (χ4n) is 2.41. The third-order valence-corrected chi connectivity index (χ3v) is 3.92. The molecular weight excluding hydrogens is 348 g/mol. The lowest BCUT2D eigenvalue weighted by Gasteiger charge is -2.05. The van der Waals surface area contributed by atoms with Crippen LogP contribution in [-0.2, 0) is 11.2 Å². The van der Waals surface area contributed by atoms with Crippen LogP contribution >= 0.6 is 11.6 Å². The van der Waals surface area contributed by atoms with Crippen LogP contribution in [0.1, 0.15) is 5.56 Å². The average molecular weight is 365 g/mol. The van der Waals surface area contributed by atoms with Crippen LogP contribution in [0.5, 0.6) is 5.75 Å². The van der Waals surface area contributed by atoms with E-state index in [1.165, 1.54) is 0 Å². The fourth-order valence-corrected chi connectivity index (χ4v) is 2.54. The van der Waals surface area contributed by atoms with E-state index in [1.807, 2.05) is 42.5 Å². The number of carbonyl (C=O) groups is 1. The van der Waals surface area contributed by atoms with Crippen molar-refractivity contribution < 1.29 is 9.53 Å². The Kier molecular flexibility index (Phi) is 6.08. The summed E-state index contributed by atoms with van der Waals surface area (Å²) in [6.45, 7) is 0.520. The number of nitrogens with zero attached hydrogens (tertiary/aromatic N) is 1. The van der Waals surface area contributed by atoms with Gasteiger partial charge in [0.2, 0.25) is 5.91 Å². The van der Waals surface area contributed by atoms with Crippen molar-refractivity contribution in [1.29, 1.82) is 0 Å². The molecule has 3 rings (SSSR count). The molecule has 5 heteroatoms. The van der Waals surface area contributed by atoms with Crippen LogP contribution in [0, 0.1) is 11.8 Å². The summed E-state index contributed by atoms with van der Waals surface area (Å²) in [6.07, 6.45) is 2.04. The molecule has 0 unspecified atom stereocenters. The van der Waals surface area contributed by atoms with E-state index in [4.69, 9.17) is 16.3 Å². The van der Waals surface area contributed by atoms with Gasteiger partial charge in [-0.05, 0) is 29.8 Å². The second kappa shape index (κ2) is 8.89. The first-order valence-corrected chi connectivity index (χ1v) is 8.53. The van der Waals surface area contributed by atoms with E-state index in [1.54, 1.807) is 18.3 Å². The first-order chi connectivity index (χ1) is 12.7. The van der Waals surface area contributed by atoms with Gasteiger partial charge in [0.25, 0.3) is 0 Å². The van der Waals surface area contributed by atoms with Crippen molar-refractivity contribution >= 4 is 28.4 Å². The van der Waals surface area contributed by atoms with Crippen LogP contribution < -0.4 is 10.1 Å². The van der Waals surface area contributed by atoms with Gasteiger partial charge in [-0.1, -0.05) is 53.8 Å². The SMILES string of the molecule is O=C(Cc1ccc(Cl)cc1)NCC#CCOc1cccc2cccnc12. The van der Waals surface area contributed by atoms with Gasteiger partial charge in [-0.3, -0.25) is 9.78 Å². The molecule has 1 N–H and O–H groups in total. The Morgan fingerprint density at radius 1 is 1.08 bits per heavy atom. The Balaban J connectivity index is 1.44. The number of carbonyl (C=O) groups excluding carboxylic acids is 1. The summed E-state index contributed by atoms with van der Waals surface area (Å²) in [6, 6.07) is 16.8. The summed E-state index contributed by atoms with van der Waals surface area (Å²) in [4.78, 5) is 16.2. The predicted octanol–water partition coefficient (Wildman–Crippen LogP) is 3.63. The number of hydrogen-bond donors (Lipinski definition) is 1. The number of benzene rings is 2. The second-order valence-corrected chi connectivity index (χ2v) is 5.99. The number of para-hydroxylation sites is 1. The molecule has 1 amide bonds. The van der Waals surface area contributed by atoms with E-state index in [9.17, 15) is 4.79 Å². The minimum Gasteiger partial charge on any atom is -0.479 e. The molecule has 0 saturated heterocycles. The Labute approximate surface area is 157 Å². The molecule has 0 saturated carbocycles. The molecule has 26 heavy (non-hydrogen) atoms. The van der Waals surface area contributed by atoms with E-state index >= 15 is 0 Å². The van der Waals surface area contributed by atoms with Gasteiger partial charge >= 0.3 is 0 Å². The highest BCUT2D eigenvalue weighted by molar-refractivity contribution is 6.30. The molecule has 1 aromatic heterocycles. The summed E-state index contributed by atoms with van der Waals surface area (Å²) in [5.41, 5.74) is 1.72. The number of amides is 1. The first-order valence-electron chi connectivity index (χ1n) is 8.16. The Bertz CT molecular complexity index is 954. The summed E-state index contributed by atoms with van der Waals surface area (Å²) < 4.78 is 5.67. The number of fused-ring (bicyclic) bond motifs is 1. The summed E-state index contributed by atoms with van der Waals surface area (Å²) in [5, 5.41) is 4.44. The Morgan fingerprint density at radius 2 is 1.88 bits per heavy atom. The molecule has 0 atom stereocenters. The third-order valence-electron chi connectivity index (χ3n) is 3.67. The first kappa shape index (κ1) is 17.8. The lowest BCUT2D eigenvalue weighted by atomic mass is 10.1. The van der Waals surface area contributed by atoms with Gasteiger partial charge in [-0.2, -0.15) is 0 Å². The number of rotatable bonds is 5. The lowest BCUT2D eigenvalue weighted by molar-refractivity contribution is -0.120. The summed E-state index contributed by atoms with van der Waals surface area (Å²) >= 11 is 5.82. The zero-order valence-corrected chi connectivity index (χ0v) is 14.8. The van der Waals surface area contributed by atoms with Gasteiger partial charge in [0.05, 0.1) is 13.0 Å². The predicted molar refractivity (Wildman–Crippen MR) is 103 cm³/mol. The van der Waals surface area contributed by atoms with Crippen molar-refractivity contribution in [2.45, 2.75) is 6.42 Å². The third kappa shape index (κ3) is 4.98. The topological polar surface area (TPSA) is 51.2 Å². The number of aromatic nitrogens is 1. The van der Waals surface area contributed by atoms with Gasteiger partial charge in [0.15, 0.2) is 0 Å². The zero-order valence-electron chi connectivity index (χ0n) is 14.0. The van der Waals surface area contributed by atoms with Crippen LogP contribution in [0.3, 0.4) is 0 Å². The molecule has 130 valence electrons. The number of pyridine rings is 1. The van der Waals surface area contributed by atoms with Crippen molar-refractivity contribution in [3.63, 3.8) is 0 Å². The van der Waals surface area contributed by atoms with Gasteiger partial charge in [0, 0.05) is 16.6 Å².